The second-order valence-corrected chi connectivity index (χ2v) is 5.58. The first kappa shape index (κ1) is 16.7. The van der Waals surface area contributed by atoms with Crippen LogP contribution in [-0.2, 0) is 11.3 Å². The molecule has 1 aromatic carbocycles. The molecule has 0 saturated carbocycles. The maximum Gasteiger partial charge on any atom is 0.234 e. The lowest BCUT2D eigenvalue weighted by Gasteiger charge is -2.27. The van der Waals surface area contributed by atoms with Crippen LogP contribution in [0.1, 0.15) is 31.9 Å². The monoisotopic (exact) mass is 278 g/mol. The Morgan fingerprint density at radius 1 is 1.30 bits per heavy atom. The third-order valence-electron chi connectivity index (χ3n) is 3.31. The van der Waals surface area contributed by atoms with Crippen molar-refractivity contribution in [2.24, 2.45) is 0 Å². The Balaban J connectivity index is 2.48. The fourth-order valence-electron chi connectivity index (χ4n) is 2.04. The van der Waals surface area contributed by atoms with E-state index in [1.54, 1.807) is 6.92 Å². The number of carbonyl (C=O) groups excluding carboxylic acids is 1. The molecule has 0 spiro atoms. The number of nitrogens with zero attached hydrogens (tertiary/aromatic N) is 1. The summed E-state index contributed by atoms with van der Waals surface area (Å²) < 4.78 is 0. The molecule has 0 aliphatic rings. The van der Waals surface area contributed by atoms with Gasteiger partial charge < -0.3 is 10.4 Å². The van der Waals surface area contributed by atoms with Crippen LogP contribution in [0.15, 0.2) is 24.3 Å². The Morgan fingerprint density at radius 3 is 2.50 bits per heavy atom. The number of nitrogens with one attached hydrogen (secondary N) is 1. The molecule has 0 unspecified atom stereocenters. The smallest absolute Gasteiger partial charge is 0.234 e. The fourth-order valence-corrected chi connectivity index (χ4v) is 2.04. The summed E-state index contributed by atoms with van der Waals surface area (Å²) in [6.45, 7) is 9.19. The van der Waals surface area contributed by atoms with Crippen LogP contribution < -0.4 is 5.32 Å². The number of rotatable bonds is 7. The fraction of sp³-hybridized carbons (Fsp3) is 0.562. The molecular weight excluding hydrogens is 252 g/mol. The van der Waals surface area contributed by atoms with Gasteiger partial charge in [-0.1, -0.05) is 24.3 Å². The molecule has 0 aliphatic carbocycles. The minimum Gasteiger partial charge on any atom is -0.392 e. The van der Waals surface area contributed by atoms with E-state index in [2.05, 4.69) is 5.32 Å². The lowest BCUT2D eigenvalue weighted by Crippen LogP contribution is -2.43. The maximum absolute atomic E-state index is 12.0. The molecule has 0 saturated heterocycles. The highest BCUT2D eigenvalue weighted by Gasteiger charge is 2.15. The zero-order valence-corrected chi connectivity index (χ0v) is 12.9. The summed E-state index contributed by atoms with van der Waals surface area (Å²) in [7, 11) is 0. The van der Waals surface area contributed by atoms with Gasteiger partial charge in [0.15, 0.2) is 0 Å². The van der Waals surface area contributed by atoms with Crippen LogP contribution in [0.2, 0.25) is 0 Å². The molecule has 0 heterocycles. The van der Waals surface area contributed by atoms with Gasteiger partial charge in [-0.05, 0) is 38.8 Å². The standard InChI is InChI=1S/C16H26N2O2/c1-12(2)18(10-14(4)19)11-16(20)17-9-15-8-6-5-7-13(15)3/h5-8,12,14,19H,9-11H2,1-4H3,(H,17,20)/t14-/m0/s1. The van der Waals surface area contributed by atoms with Crippen LogP contribution in [0.25, 0.3) is 0 Å². The highest BCUT2D eigenvalue weighted by molar-refractivity contribution is 5.78. The largest absolute Gasteiger partial charge is 0.392 e. The van der Waals surface area contributed by atoms with E-state index in [9.17, 15) is 9.90 Å². The van der Waals surface area contributed by atoms with E-state index in [1.807, 2.05) is 49.9 Å². The van der Waals surface area contributed by atoms with Gasteiger partial charge in [0.05, 0.1) is 12.6 Å². The molecule has 4 nitrogen and oxygen atoms in total. The van der Waals surface area contributed by atoms with Crippen molar-refractivity contribution in [1.82, 2.24) is 10.2 Å². The Kier molecular flexibility index (Phi) is 6.68. The van der Waals surface area contributed by atoms with Crippen LogP contribution >= 0.6 is 0 Å². The van der Waals surface area contributed by atoms with Crippen molar-refractivity contribution in [3.05, 3.63) is 35.4 Å². The van der Waals surface area contributed by atoms with Crippen molar-refractivity contribution in [2.45, 2.75) is 46.4 Å². The van der Waals surface area contributed by atoms with E-state index in [4.69, 9.17) is 0 Å². The van der Waals surface area contributed by atoms with Gasteiger partial charge in [-0.15, -0.1) is 0 Å². The van der Waals surface area contributed by atoms with E-state index in [1.165, 1.54) is 5.56 Å². The Morgan fingerprint density at radius 2 is 1.95 bits per heavy atom. The topological polar surface area (TPSA) is 52.6 Å². The van der Waals surface area contributed by atoms with Crippen molar-refractivity contribution in [3.63, 3.8) is 0 Å². The summed E-state index contributed by atoms with van der Waals surface area (Å²) in [5.74, 6) is -0.0115. The number of hydrogen-bond donors (Lipinski definition) is 2. The maximum atomic E-state index is 12.0. The molecule has 1 aromatic rings. The van der Waals surface area contributed by atoms with Gasteiger partial charge in [-0.3, -0.25) is 9.69 Å². The number of amides is 1. The van der Waals surface area contributed by atoms with E-state index >= 15 is 0 Å². The van der Waals surface area contributed by atoms with E-state index in [-0.39, 0.29) is 11.9 Å². The molecule has 0 aliphatic heterocycles. The first-order valence-electron chi connectivity index (χ1n) is 7.13. The van der Waals surface area contributed by atoms with Gasteiger partial charge >= 0.3 is 0 Å². The van der Waals surface area contributed by atoms with Gasteiger partial charge in [-0.25, -0.2) is 0 Å². The summed E-state index contributed by atoms with van der Waals surface area (Å²) in [5, 5.41) is 12.4. The van der Waals surface area contributed by atoms with Gasteiger partial charge in [0.25, 0.3) is 0 Å². The van der Waals surface area contributed by atoms with Crippen LogP contribution in [0, 0.1) is 6.92 Å². The van der Waals surface area contributed by atoms with Crippen LogP contribution in [0.3, 0.4) is 0 Å². The first-order valence-corrected chi connectivity index (χ1v) is 7.13. The number of aryl methyl sites for hydroxylation is 1. The van der Waals surface area contributed by atoms with E-state index in [0.29, 0.717) is 19.6 Å². The van der Waals surface area contributed by atoms with Gasteiger partial charge in [0.1, 0.15) is 0 Å². The normalized spacial score (nSPS) is 12.8. The molecule has 2 N–H and O–H groups in total. The molecule has 112 valence electrons. The summed E-state index contributed by atoms with van der Waals surface area (Å²) in [6, 6.07) is 8.25. The Bertz CT molecular complexity index is 430. The van der Waals surface area contributed by atoms with E-state index < -0.39 is 6.10 Å². The number of hydrogen-bond acceptors (Lipinski definition) is 3. The van der Waals surface area contributed by atoms with Crippen molar-refractivity contribution in [2.75, 3.05) is 13.1 Å². The average molecular weight is 278 g/mol. The molecular formula is C16H26N2O2. The third-order valence-corrected chi connectivity index (χ3v) is 3.31. The van der Waals surface area contributed by atoms with Crippen LogP contribution in [0.4, 0.5) is 0 Å². The summed E-state index contributed by atoms with van der Waals surface area (Å²) in [6.07, 6.45) is -0.429. The lowest BCUT2D eigenvalue weighted by molar-refractivity contribution is -0.123. The number of benzene rings is 1. The van der Waals surface area contributed by atoms with Gasteiger partial charge in [0, 0.05) is 19.1 Å². The summed E-state index contributed by atoms with van der Waals surface area (Å²) in [5.41, 5.74) is 2.31. The molecule has 0 aromatic heterocycles. The van der Waals surface area contributed by atoms with E-state index in [0.717, 1.165) is 5.56 Å². The molecule has 1 amide bonds. The molecule has 20 heavy (non-hydrogen) atoms. The Hall–Kier alpha value is -1.39. The molecule has 0 bridgehead atoms. The summed E-state index contributed by atoms with van der Waals surface area (Å²) >= 11 is 0. The second-order valence-electron chi connectivity index (χ2n) is 5.58. The predicted molar refractivity (Wildman–Crippen MR) is 81.4 cm³/mol. The highest BCUT2D eigenvalue weighted by Crippen LogP contribution is 2.06. The lowest BCUT2D eigenvalue weighted by atomic mass is 10.1. The molecule has 4 heteroatoms. The second kappa shape index (κ2) is 8.02. The van der Waals surface area contributed by atoms with Crippen molar-refractivity contribution in [3.8, 4) is 0 Å². The summed E-state index contributed by atoms with van der Waals surface area (Å²) in [4.78, 5) is 14.0. The predicted octanol–water partition coefficient (Wildman–Crippen LogP) is 1.70. The molecule has 1 rings (SSSR count). The first-order chi connectivity index (χ1) is 9.40. The SMILES string of the molecule is Cc1ccccc1CNC(=O)CN(C[C@H](C)O)C(C)C. The van der Waals surface area contributed by atoms with Crippen molar-refractivity contribution >= 4 is 5.91 Å². The number of carbonyl (C=O) groups is 1. The van der Waals surface area contributed by atoms with Gasteiger partial charge in [0.2, 0.25) is 5.91 Å². The highest BCUT2D eigenvalue weighted by atomic mass is 16.3. The Labute approximate surface area is 121 Å². The van der Waals surface area contributed by atoms with Crippen LogP contribution in [-0.4, -0.2) is 41.1 Å². The number of aliphatic hydroxyl groups is 1. The van der Waals surface area contributed by atoms with Gasteiger partial charge in [-0.2, -0.15) is 0 Å². The molecule has 1 atom stereocenters. The zero-order chi connectivity index (χ0) is 15.1. The molecule has 0 fully saturated rings. The molecule has 0 radical (unpaired) electrons. The average Bonchev–Trinajstić information content (AvgIpc) is 2.36. The van der Waals surface area contributed by atoms with Crippen molar-refractivity contribution < 1.29 is 9.90 Å². The zero-order valence-electron chi connectivity index (χ0n) is 12.9. The van der Waals surface area contributed by atoms with Crippen molar-refractivity contribution in [1.29, 1.82) is 0 Å². The minimum atomic E-state index is -0.429. The quantitative estimate of drug-likeness (QED) is 0.798. The minimum absolute atomic E-state index is 0.0115. The number of aliphatic hydroxyl groups excluding tert-OH is 1. The third kappa shape index (κ3) is 5.72. The van der Waals surface area contributed by atoms with Crippen LogP contribution in [0.5, 0.6) is 0 Å².